The van der Waals surface area contributed by atoms with Crippen LogP contribution in [0.4, 0.5) is 0 Å². The molecular formula is C7H11Br. The molecule has 0 heterocycles. The van der Waals surface area contributed by atoms with Gasteiger partial charge in [0, 0.05) is 4.83 Å². The molecule has 0 aliphatic heterocycles. The fraction of sp³-hybridized carbons (Fsp3) is 0.429. The van der Waals surface area contributed by atoms with E-state index in [1.54, 1.807) is 6.08 Å². The van der Waals surface area contributed by atoms with E-state index in [-0.39, 0.29) is 0 Å². The van der Waals surface area contributed by atoms with Gasteiger partial charge in [-0.3, -0.25) is 0 Å². The summed E-state index contributed by atoms with van der Waals surface area (Å²) in [6.07, 6.45) is 6.93. The van der Waals surface area contributed by atoms with Crippen LogP contribution in [0.5, 0.6) is 0 Å². The number of hydrogen-bond donors (Lipinski definition) is 0. The molecule has 0 bridgehead atoms. The summed E-state index contributed by atoms with van der Waals surface area (Å²) >= 11 is 3.44. The van der Waals surface area contributed by atoms with Crippen molar-refractivity contribution in [2.45, 2.75) is 18.2 Å². The molecule has 46 valence electrons. The van der Waals surface area contributed by atoms with Crippen molar-refractivity contribution in [3.63, 3.8) is 0 Å². The minimum absolute atomic E-state index is 0.514. The second kappa shape index (κ2) is 5.10. The van der Waals surface area contributed by atoms with Crippen LogP contribution < -0.4 is 0 Å². The normalized spacial score (nSPS) is 14.2. The van der Waals surface area contributed by atoms with E-state index in [9.17, 15) is 0 Å². The van der Waals surface area contributed by atoms with E-state index in [1.807, 2.05) is 6.08 Å². The molecule has 0 saturated heterocycles. The van der Waals surface area contributed by atoms with Crippen LogP contribution in [0.1, 0.15) is 13.3 Å². The third-order valence-corrected chi connectivity index (χ3v) is 1.80. The Hall–Kier alpha value is -0.0400. The van der Waals surface area contributed by atoms with Crippen LogP contribution in [-0.2, 0) is 0 Å². The fourth-order valence-corrected chi connectivity index (χ4v) is 0.511. The van der Waals surface area contributed by atoms with E-state index in [4.69, 9.17) is 0 Å². The molecule has 1 heteroatoms. The largest absolute Gasteiger partial charge is 0.0991 e. The van der Waals surface area contributed by atoms with E-state index in [1.165, 1.54) is 0 Å². The van der Waals surface area contributed by atoms with Crippen molar-refractivity contribution in [2.24, 2.45) is 0 Å². The smallest absolute Gasteiger partial charge is 0.0325 e. The molecule has 0 aliphatic rings. The molecule has 0 aliphatic carbocycles. The monoisotopic (exact) mass is 174 g/mol. The quantitative estimate of drug-likeness (QED) is 0.457. The molecule has 1 atom stereocenters. The van der Waals surface area contributed by atoms with Crippen LogP contribution in [0, 0.1) is 0 Å². The van der Waals surface area contributed by atoms with Gasteiger partial charge in [-0.15, -0.1) is 0 Å². The summed E-state index contributed by atoms with van der Waals surface area (Å²) in [5, 5.41) is 0. The van der Waals surface area contributed by atoms with Gasteiger partial charge in [0.2, 0.25) is 0 Å². The molecule has 0 rings (SSSR count). The van der Waals surface area contributed by atoms with E-state index in [0.29, 0.717) is 4.83 Å². The summed E-state index contributed by atoms with van der Waals surface area (Å²) < 4.78 is 0. The molecular weight excluding hydrogens is 164 g/mol. The highest BCUT2D eigenvalue weighted by Crippen LogP contribution is 2.04. The summed E-state index contributed by atoms with van der Waals surface area (Å²) in [4.78, 5) is 0.514. The second-order valence-corrected chi connectivity index (χ2v) is 2.72. The Bertz CT molecular complexity index is 84.4. The van der Waals surface area contributed by atoms with E-state index in [0.717, 1.165) is 6.42 Å². The van der Waals surface area contributed by atoms with Crippen molar-refractivity contribution in [2.75, 3.05) is 0 Å². The minimum Gasteiger partial charge on any atom is -0.0991 e. The zero-order valence-electron chi connectivity index (χ0n) is 5.10. The Kier molecular flexibility index (Phi) is 5.08. The van der Waals surface area contributed by atoms with Gasteiger partial charge in [-0.1, -0.05) is 47.7 Å². The molecule has 0 aromatic carbocycles. The lowest BCUT2D eigenvalue weighted by Crippen LogP contribution is -1.85. The SMILES string of the molecule is C=CC=CC(Br)CC. The molecule has 0 spiro atoms. The Morgan fingerprint density at radius 2 is 2.38 bits per heavy atom. The van der Waals surface area contributed by atoms with Crippen molar-refractivity contribution in [1.29, 1.82) is 0 Å². The number of halogens is 1. The first kappa shape index (κ1) is 7.96. The van der Waals surface area contributed by atoms with Crippen molar-refractivity contribution < 1.29 is 0 Å². The summed E-state index contributed by atoms with van der Waals surface area (Å²) in [7, 11) is 0. The Balaban J connectivity index is 3.35. The standard InChI is InChI=1S/C7H11Br/c1-3-5-6-7(8)4-2/h3,5-7H,1,4H2,2H3. The maximum Gasteiger partial charge on any atom is 0.0325 e. The number of rotatable bonds is 3. The van der Waals surface area contributed by atoms with Crippen molar-refractivity contribution in [3.8, 4) is 0 Å². The maximum absolute atomic E-state index is 3.56. The number of allylic oxidation sites excluding steroid dienone is 3. The van der Waals surface area contributed by atoms with Gasteiger partial charge in [-0.2, -0.15) is 0 Å². The molecule has 8 heavy (non-hydrogen) atoms. The van der Waals surface area contributed by atoms with Gasteiger partial charge in [0.05, 0.1) is 0 Å². The molecule has 0 fully saturated rings. The summed E-state index contributed by atoms with van der Waals surface area (Å²) in [6.45, 7) is 5.69. The molecule has 0 N–H and O–H groups in total. The summed E-state index contributed by atoms with van der Waals surface area (Å²) in [6, 6.07) is 0. The van der Waals surface area contributed by atoms with Gasteiger partial charge in [0.25, 0.3) is 0 Å². The summed E-state index contributed by atoms with van der Waals surface area (Å²) in [5.74, 6) is 0. The average molecular weight is 175 g/mol. The molecule has 0 nitrogen and oxygen atoms in total. The highest BCUT2D eigenvalue weighted by atomic mass is 79.9. The second-order valence-electron chi connectivity index (χ2n) is 1.54. The van der Waals surface area contributed by atoms with E-state index in [2.05, 4.69) is 35.5 Å². The van der Waals surface area contributed by atoms with Crippen molar-refractivity contribution in [1.82, 2.24) is 0 Å². The number of alkyl halides is 1. The molecule has 0 aromatic heterocycles. The Morgan fingerprint density at radius 1 is 1.75 bits per heavy atom. The predicted octanol–water partition coefficient (Wildman–Crippen LogP) is 2.90. The van der Waals surface area contributed by atoms with Crippen LogP contribution in [0.3, 0.4) is 0 Å². The lowest BCUT2D eigenvalue weighted by atomic mass is 10.3. The molecule has 0 saturated carbocycles. The lowest BCUT2D eigenvalue weighted by molar-refractivity contribution is 0.992. The van der Waals surface area contributed by atoms with Crippen molar-refractivity contribution in [3.05, 3.63) is 24.8 Å². The van der Waals surface area contributed by atoms with Gasteiger partial charge < -0.3 is 0 Å². The molecule has 0 aromatic rings. The van der Waals surface area contributed by atoms with Crippen LogP contribution >= 0.6 is 15.9 Å². The zero-order chi connectivity index (χ0) is 6.41. The van der Waals surface area contributed by atoms with Gasteiger partial charge >= 0.3 is 0 Å². The first-order valence-corrected chi connectivity index (χ1v) is 3.66. The highest BCUT2D eigenvalue weighted by Gasteiger charge is 1.89. The molecule has 0 amide bonds. The third-order valence-electron chi connectivity index (χ3n) is 0.846. The van der Waals surface area contributed by atoms with Gasteiger partial charge in [-0.25, -0.2) is 0 Å². The van der Waals surface area contributed by atoms with Crippen molar-refractivity contribution >= 4 is 15.9 Å². The van der Waals surface area contributed by atoms with Crippen LogP contribution in [0.15, 0.2) is 24.8 Å². The topological polar surface area (TPSA) is 0 Å². The molecule has 0 radical (unpaired) electrons. The highest BCUT2D eigenvalue weighted by molar-refractivity contribution is 9.09. The third kappa shape index (κ3) is 4.13. The number of hydrogen-bond acceptors (Lipinski definition) is 0. The van der Waals surface area contributed by atoms with Gasteiger partial charge in [0.1, 0.15) is 0 Å². The Morgan fingerprint density at radius 3 is 2.75 bits per heavy atom. The molecule has 1 unspecified atom stereocenters. The van der Waals surface area contributed by atoms with E-state index >= 15 is 0 Å². The van der Waals surface area contributed by atoms with Crippen LogP contribution in [0.25, 0.3) is 0 Å². The van der Waals surface area contributed by atoms with Crippen LogP contribution in [-0.4, -0.2) is 4.83 Å². The Labute approximate surface area is 59.4 Å². The zero-order valence-corrected chi connectivity index (χ0v) is 6.69. The van der Waals surface area contributed by atoms with Gasteiger partial charge in [0.15, 0.2) is 0 Å². The first-order chi connectivity index (χ1) is 3.81. The summed E-state index contributed by atoms with van der Waals surface area (Å²) in [5.41, 5.74) is 0. The average Bonchev–Trinajstić information content (AvgIpc) is 1.83. The fourth-order valence-electron chi connectivity index (χ4n) is 0.335. The van der Waals surface area contributed by atoms with Gasteiger partial charge in [-0.05, 0) is 6.42 Å². The van der Waals surface area contributed by atoms with Crippen LogP contribution in [0.2, 0.25) is 0 Å². The maximum atomic E-state index is 3.56. The van der Waals surface area contributed by atoms with E-state index < -0.39 is 0 Å². The lowest BCUT2D eigenvalue weighted by Gasteiger charge is -1.93. The minimum atomic E-state index is 0.514. The predicted molar refractivity (Wildman–Crippen MR) is 42.3 cm³/mol. The first-order valence-electron chi connectivity index (χ1n) is 2.74.